The van der Waals surface area contributed by atoms with E-state index in [9.17, 15) is 8.42 Å². The number of benzene rings is 1. The molecule has 0 bridgehead atoms. The van der Waals surface area contributed by atoms with Gasteiger partial charge in [0.05, 0.1) is 21.1 Å². The minimum absolute atomic E-state index is 0.138. The van der Waals surface area contributed by atoms with Gasteiger partial charge >= 0.3 is 0 Å². The molecule has 2 aromatic rings. The van der Waals surface area contributed by atoms with Gasteiger partial charge in [0.15, 0.2) is 0 Å². The zero-order chi connectivity index (χ0) is 14.0. The van der Waals surface area contributed by atoms with Crippen LogP contribution in [0.3, 0.4) is 0 Å². The maximum absolute atomic E-state index is 12.2. The summed E-state index contributed by atoms with van der Waals surface area (Å²) in [5, 5.41) is 0.346. The highest BCUT2D eigenvalue weighted by molar-refractivity contribution is 7.89. The van der Waals surface area contributed by atoms with E-state index in [1.54, 1.807) is 18.6 Å². The topological polar surface area (TPSA) is 85.1 Å². The van der Waals surface area contributed by atoms with Gasteiger partial charge in [-0.05, 0) is 24.6 Å². The number of nitrogen functional groups attached to an aromatic ring is 1. The van der Waals surface area contributed by atoms with Crippen LogP contribution in [-0.2, 0) is 16.6 Å². The molecular weight excluding hydrogens is 306 g/mol. The predicted molar refractivity (Wildman–Crippen MR) is 76.7 cm³/mol. The number of halogens is 1. The van der Waals surface area contributed by atoms with Gasteiger partial charge in [-0.3, -0.25) is 4.98 Å². The lowest BCUT2D eigenvalue weighted by molar-refractivity contribution is 0.581. The van der Waals surface area contributed by atoms with E-state index in [0.29, 0.717) is 10.6 Å². The standard InChI is InChI=1S/C11H12ClN3O2S2/c1-7-2-9(12)10(13)3-11(7)19(16,17)15-5-8-4-14-6-18-8/h2-4,6,15H,5,13H2,1H3. The van der Waals surface area contributed by atoms with Crippen molar-refractivity contribution in [2.75, 3.05) is 5.73 Å². The Hall–Kier alpha value is -1.15. The van der Waals surface area contributed by atoms with Crippen molar-refractivity contribution in [1.29, 1.82) is 0 Å². The molecular formula is C11H12ClN3O2S2. The van der Waals surface area contributed by atoms with Crippen molar-refractivity contribution >= 4 is 38.6 Å². The van der Waals surface area contributed by atoms with Crippen LogP contribution in [0.4, 0.5) is 5.69 Å². The van der Waals surface area contributed by atoms with Gasteiger partial charge in [-0.1, -0.05) is 11.6 Å². The first kappa shape index (κ1) is 14.3. The Kier molecular flexibility index (Phi) is 4.10. The average molecular weight is 318 g/mol. The molecule has 1 aromatic carbocycles. The van der Waals surface area contributed by atoms with Crippen molar-refractivity contribution in [3.63, 3.8) is 0 Å². The smallest absolute Gasteiger partial charge is 0.241 e. The third-order valence-electron chi connectivity index (χ3n) is 2.50. The highest BCUT2D eigenvalue weighted by Gasteiger charge is 2.18. The van der Waals surface area contributed by atoms with E-state index in [0.717, 1.165) is 4.88 Å². The summed E-state index contributed by atoms with van der Waals surface area (Å²) >= 11 is 7.23. The van der Waals surface area contributed by atoms with Crippen LogP contribution in [0.1, 0.15) is 10.4 Å². The van der Waals surface area contributed by atoms with Crippen LogP contribution < -0.4 is 10.5 Å². The lowest BCUT2D eigenvalue weighted by atomic mass is 10.2. The van der Waals surface area contributed by atoms with Gasteiger partial charge in [0.25, 0.3) is 0 Å². The normalized spacial score (nSPS) is 11.7. The van der Waals surface area contributed by atoms with Crippen LogP contribution in [0.2, 0.25) is 5.02 Å². The van der Waals surface area contributed by atoms with Gasteiger partial charge in [-0.25, -0.2) is 13.1 Å². The van der Waals surface area contributed by atoms with Crippen molar-refractivity contribution in [2.45, 2.75) is 18.4 Å². The number of aromatic nitrogens is 1. The molecule has 0 atom stereocenters. The van der Waals surface area contributed by atoms with E-state index in [2.05, 4.69) is 9.71 Å². The first-order valence-electron chi connectivity index (χ1n) is 5.33. The van der Waals surface area contributed by atoms with Crippen LogP contribution in [0.15, 0.2) is 28.7 Å². The molecule has 0 amide bonds. The molecule has 5 nitrogen and oxygen atoms in total. The second-order valence-corrected chi connectivity index (χ2v) is 7.04. The molecule has 3 N–H and O–H groups in total. The molecule has 2 rings (SSSR count). The highest BCUT2D eigenvalue weighted by Crippen LogP contribution is 2.26. The summed E-state index contributed by atoms with van der Waals surface area (Å²) in [6, 6.07) is 2.91. The van der Waals surface area contributed by atoms with Crippen LogP contribution >= 0.6 is 22.9 Å². The fourth-order valence-electron chi connectivity index (χ4n) is 1.53. The zero-order valence-corrected chi connectivity index (χ0v) is 12.4. The summed E-state index contributed by atoms with van der Waals surface area (Å²) in [5.41, 5.74) is 8.09. The number of thiazole rings is 1. The maximum Gasteiger partial charge on any atom is 0.241 e. The summed E-state index contributed by atoms with van der Waals surface area (Å²) in [6.45, 7) is 1.88. The SMILES string of the molecule is Cc1cc(Cl)c(N)cc1S(=O)(=O)NCc1cncs1. The first-order chi connectivity index (χ1) is 8.90. The zero-order valence-electron chi connectivity index (χ0n) is 10.1. The quantitative estimate of drug-likeness (QED) is 0.846. The van der Waals surface area contributed by atoms with E-state index in [-0.39, 0.29) is 17.1 Å². The second-order valence-electron chi connectivity index (χ2n) is 3.93. The monoisotopic (exact) mass is 317 g/mol. The second kappa shape index (κ2) is 5.46. The minimum atomic E-state index is -3.62. The fraction of sp³-hybridized carbons (Fsp3) is 0.182. The van der Waals surface area contributed by atoms with Crippen LogP contribution in [0.25, 0.3) is 0 Å². The van der Waals surface area contributed by atoms with Gasteiger partial charge in [0.1, 0.15) is 0 Å². The van der Waals surface area contributed by atoms with Crippen LogP contribution in [-0.4, -0.2) is 13.4 Å². The number of aryl methyl sites for hydroxylation is 1. The lowest BCUT2D eigenvalue weighted by Crippen LogP contribution is -2.23. The molecule has 0 radical (unpaired) electrons. The number of nitrogens with one attached hydrogen (secondary N) is 1. The number of anilines is 1. The minimum Gasteiger partial charge on any atom is -0.397 e. The lowest BCUT2D eigenvalue weighted by Gasteiger charge is -2.10. The van der Waals surface area contributed by atoms with E-state index in [4.69, 9.17) is 17.3 Å². The summed E-state index contributed by atoms with van der Waals surface area (Å²) in [4.78, 5) is 4.86. The van der Waals surface area contributed by atoms with Crippen molar-refractivity contribution in [2.24, 2.45) is 0 Å². The van der Waals surface area contributed by atoms with Gasteiger partial charge in [-0.2, -0.15) is 0 Å². The Morgan fingerprint density at radius 2 is 2.21 bits per heavy atom. The molecule has 1 heterocycles. The largest absolute Gasteiger partial charge is 0.397 e. The van der Waals surface area contributed by atoms with Crippen molar-refractivity contribution in [3.8, 4) is 0 Å². The maximum atomic E-state index is 12.2. The van der Waals surface area contributed by atoms with Crippen molar-refractivity contribution < 1.29 is 8.42 Å². The number of nitrogens with two attached hydrogens (primary N) is 1. The van der Waals surface area contributed by atoms with Crippen LogP contribution in [0.5, 0.6) is 0 Å². The molecule has 0 spiro atoms. The van der Waals surface area contributed by atoms with Crippen molar-refractivity contribution in [3.05, 3.63) is 39.3 Å². The Morgan fingerprint density at radius 3 is 2.84 bits per heavy atom. The number of hydrogen-bond donors (Lipinski definition) is 2. The van der Waals surface area contributed by atoms with Crippen molar-refractivity contribution in [1.82, 2.24) is 9.71 Å². The molecule has 0 saturated carbocycles. The summed E-state index contributed by atoms with van der Waals surface area (Å²) in [5.74, 6) is 0. The number of hydrogen-bond acceptors (Lipinski definition) is 5. The Labute approximate surface area is 120 Å². The van der Waals surface area contributed by atoms with E-state index >= 15 is 0 Å². The molecule has 1 aromatic heterocycles. The molecule has 0 unspecified atom stereocenters. The average Bonchev–Trinajstić information content (AvgIpc) is 2.84. The molecule has 0 aliphatic rings. The molecule has 0 aliphatic heterocycles. The van der Waals surface area contributed by atoms with Gasteiger partial charge in [0.2, 0.25) is 10.0 Å². The molecule has 8 heteroatoms. The van der Waals surface area contributed by atoms with E-state index < -0.39 is 10.0 Å². The number of sulfonamides is 1. The Morgan fingerprint density at radius 1 is 1.47 bits per heavy atom. The Bertz CT molecular complexity index is 684. The molecule has 19 heavy (non-hydrogen) atoms. The summed E-state index contributed by atoms with van der Waals surface area (Å²) in [6.07, 6.45) is 1.62. The third-order valence-corrected chi connectivity index (χ3v) is 5.15. The molecule has 0 saturated heterocycles. The molecule has 0 fully saturated rings. The van der Waals surface area contributed by atoms with Gasteiger partial charge in [0, 0.05) is 17.6 Å². The van der Waals surface area contributed by atoms with Gasteiger partial charge < -0.3 is 5.73 Å². The Balaban J connectivity index is 2.27. The first-order valence-corrected chi connectivity index (χ1v) is 8.07. The van der Waals surface area contributed by atoms with E-state index in [1.807, 2.05) is 0 Å². The highest BCUT2D eigenvalue weighted by atomic mass is 35.5. The fourth-order valence-corrected chi connectivity index (χ4v) is 3.64. The van der Waals surface area contributed by atoms with Crippen LogP contribution in [0, 0.1) is 6.92 Å². The summed E-state index contributed by atoms with van der Waals surface area (Å²) < 4.78 is 26.9. The molecule has 102 valence electrons. The number of rotatable bonds is 4. The predicted octanol–water partition coefficient (Wildman–Crippen LogP) is 2.17. The van der Waals surface area contributed by atoms with Gasteiger partial charge in [-0.15, -0.1) is 11.3 Å². The summed E-state index contributed by atoms with van der Waals surface area (Å²) in [7, 11) is -3.62. The number of nitrogens with zero attached hydrogens (tertiary/aromatic N) is 1. The van der Waals surface area contributed by atoms with E-state index in [1.165, 1.54) is 23.5 Å². The molecule has 0 aliphatic carbocycles. The third kappa shape index (κ3) is 3.24.